The molecule has 0 aliphatic rings. The Balaban J connectivity index is 1.97. The van der Waals surface area contributed by atoms with E-state index in [1.807, 2.05) is 13.1 Å². The lowest BCUT2D eigenvalue weighted by atomic mass is 10.4. The standard InChI is InChI=1S/C12H13N3S2/c1-15(6-3-5-13)8-10-9-17-12(14-10)11-4-2-7-16-11/h2,4,7,9H,3,6,8H2,1H3. The Morgan fingerprint density at radius 3 is 3.06 bits per heavy atom. The van der Waals surface area contributed by atoms with Crippen molar-refractivity contribution < 1.29 is 0 Å². The zero-order valence-corrected chi connectivity index (χ0v) is 11.2. The van der Waals surface area contributed by atoms with Crippen LogP contribution in [0.1, 0.15) is 12.1 Å². The molecule has 0 spiro atoms. The number of hydrogen-bond acceptors (Lipinski definition) is 5. The first-order chi connectivity index (χ1) is 8.29. The Bertz CT molecular complexity index is 496. The van der Waals surface area contributed by atoms with Crippen LogP contribution >= 0.6 is 22.7 Å². The molecule has 0 unspecified atom stereocenters. The van der Waals surface area contributed by atoms with E-state index in [0.29, 0.717) is 6.42 Å². The van der Waals surface area contributed by atoms with Gasteiger partial charge in [-0.2, -0.15) is 5.26 Å². The normalized spacial score (nSPS) is 10.6. The van der Waals surface area contributed by atoms with Gasteiger partial charge in [0.05, 0.1) is 16.6 Å². The molecule has 0 aromatic carbocycles. The predicted octanol–water partition coefficient (Wildman–Crippen LogP) is 3.22. The van der Waals surface area contributed by atoms with Gasteiger partial charge in [0, 0.05) is 24.9 Å². The number of hydrogen-bond donors (Lipinski definition) is 0. The summed E-state index contributed by atoms with van der Waals surface area (Å²) in [5, 5.41) is 13.8. The summed E-state index contributed by atoms with van der Waals surface area (Å²) in [5.74, 6) is 0. The zero-order chi connectivity index (χ0) is 12.1. The summed E-state index contributed by atoms with van der Waals surface area (Å²) >= 11 is 3.39. The van der Waals surface area contributed by atoms with Crippen molar-refractivity contribution in [1.29, 1.82) is 5.26 Å². The second-order valence-electron chi connectivity index (χ2n) is 3.77. The van der Waals surface area contributed by atoms with E-state index >= 15 is 0 Å². The van der Waals surface area contributed by atoms with Crippen molar-refractivity contribution in [3.8, 4) is 16.0 Å². The highest BCUT2D eigenvalue weighted by atomic mass is 32.1. The van der Waals surface area contributed by atoms with Crippen LogP contribution in [0.2, 0.25) is 0 Å². The molecule has 0 saturated carbocycles. The van der Waals surface area contributed by atoms with Gasteiger partial charge in [0.1, 0.15) is 5.01 Å². The van der Waals surface area contributed by atoms with Crippen LogP contribution in [0.3, 0.4) is 0 Å². The van der Waals surface area contributed by atoms with Gasteiger partial charge in [0.25, 0.3) is 0 Å². The Morgan fingerprint density at radius 2 is 2.35 bits per heavy atom. The summed E-state index contributed by atoms with van der Waals surface area (Å²) in [7, 11) is 2.02. The molecule has 0 bridgehead atoms. The molecular formula is C12H13N3S2. The molecule has 0 N–H and O–H groups in total. The molecule has 2 aromatic heterocycles. The fourth-order valence-electron chi connectivity index (χ4n) is 1.49. The lowest BCUT2D eigenvalue weighted by molar-refractivity contribution is 0.331. The average Bonchev–Trinajstić information content (AvgIpc) is 2.95. The topological polar surface area (TPSA) is 39.9 Å². The fraction of sp³-hybridized carbons (Fsp3) is 0.333. The van der Waals surface area contributed by atoms with Gasteiger partial charge in [-0.15, -0.1) is 22.7 Å². The van der Waals surface area contributed by atoms with Crippen LogP contribution in [0.25, 0.3) is 9.88 Å². The molecule has 3 nitrogen and oxygen atoms in total. The van der Waals surface area contributed by atoms with Crippen molar-refractivity contribution in [3.63, 3.8) is 0 Å². The molecule has 0 aliphatic heterocycles. The van der Waals surface area contributed by atoms with Gasteiger partial charge in [0.2, 0.25) is 0 Å². The van der Waals surface area contributed by atoms with Crippen molar-refractivity contribution in [3.05, 3.63) is 28.6 Å². The van der Waals surface area contributed by atoms with Crippen LogP contribution < -0.4 is 0 Å². The molecule has 17 heavy (non-hydrogen) atoms. The zero-order valence-electron chi connectivity index (χ0n) is 9.59. The van der Waals surface area contributed by atoms with E-state index < -0.39 is 0 Å². The second-order valence-corrected chi connectivity index (χ2v) is 5.57. The van der Waals surface area contributed by atoms with Crippen molar-refractivity contribution in [2.24, 2.45) is 0 Å². The number of thiazole rings is 1. The van der Waals surface area contributed by atoms with Crippen molar-refractivity contribution >= 4 is 22.7 Å². The molecule has 88 valence electrons. The van der Waals surface area contributed by atoms with Gasteiger partial charge >= 0.3 is 0 Å². The minimum Gasteiger partial charge on any atom is -0.299 e. The molecule has 2 aromatic rings. The molecule has 2 heterocycles. The van der Waals surface area contributed by atoms with Crippen molar-refractivity contribution in [1.82, 2.24) is 9.88 Å². The van der Waals surface area contributed by atoms with Crippen LogP contribution in [-0.2, 0) is 6.54 Å². The predicted molar refractivity (Wildman–Crippen MR) is 72.0 cm³/mol. The van der Waals surface area contributed by atoms with E-state index in [0.717, 1.165) is 23.8 Å². The molecule has 5 heteroatoms. The molecule has 0 amide bonds. The summed E-state index contributed by atoms with van der Waals surface area (Å²) in [4.78, 5) is 7.95. The van der Waals surface area contributed by atoms with Gasteiger partial charge in [-0.1, -0.05) is 6.07 Å². The Morgan fingerprint density at radius 1 is 1.47 bits per heavy atom. The fourth-order valence-corrected chi connectivity index (χ4v) is 3.11. The summed E-state index contributed by atoms with van der Waals surface area (Å²) in [6.45, 7) is 1.60. The highest BCUT2D eigenvalue weighted by Gasteiger charge is 2.07. The third kappa shape index (κ3) is 3.37. The van der Waals surface area contributed by atoms with Crippen LogP contribution in [0.5, 0.6) is 0 Å². The van der Waals surface area contributed by atoms with E-state index in [1.54, 1.807) is 22.7 Å². The third-order valence-corrected chi connectivity index (χ3v) is 4.25. The molecule has 0 atom stereocenters. The lowest BCUT2D eigenvalue weighted by Gasteiger charge is -2.12. The molecule has 0 aliphatic carbocycles. The summed E-state index contributed by atoms with van der Waals surface area (Å²) < 4.78 is 0. The highest BCUT2D eigenvalue weighted by molar-refractivity contribution is 7.20. The monoisotopic (exact) mass is 263 g/mol. The highest BCUT2D eigenvalue weighted by Crippen LogP contribution is 2.27. The van der Waals surface area contributed by atoms with E-state index in [4.69, 9.17) is 5.26 Å². The van der Waals surface area contributed by atoms with Crippen LogP contribution in [0.15, 0.2) is 22.9 Å². The first-order valence-electron chi connectivity index (χ1n) is 5.33. The van der Waals surface area contributed by atoms with Gasteiger partial charge in [-0.05, 0) is 18.5 Å². The number of nitriles is 1. The molecule has 2 rings (SSSR count). The molecule has 0 saturated heterocycles. The van der Waals surface area contributed by atoms with Crippen LogP contribution in [-0.4, -0.2) is 23.5 Å². The van der Waals surface area contributed by atoms with Gasteiger partial charge in [-0.3, -0.25) is 4.90 Å². The maximum Gasteiger partial charge on any atom is 0.133 e. The third-order valence-electron chi connectivity index (χ3n) is 2.32. The van der Waals surface area contributed by atoms with Crippen LogP contribution in [0.4, 0.5) is 0 Å². The number of thiophene rings is 1. The van der Waals surface area contributed by atoms with Crippen molar-refractivity contribution in [2.75, 3.05) is 13.6 Å². The van der Waals surface area contributed by atoms with Gasteiger partial charge in [0.15, 0.2) is 0 Å². The largest absolute Gasteiger partial charge is 0.299 e. The number of rotatable bonds is 5. The lowest BCUT2D eigenvalue weighted by Crippen LogP contribution is -2.18. The number of nitrogens with zero attached hydrogens (tertiary/aromatic N) is 3. The average molecular weight is 263 g/mol. The Kier molecular flexibility index (Phi) is 4.26. The summed E-state index contributed by atoms with van der Waals surface area (Å²) in [6, 6.07) is 6.29. The second kappa shape index (κ2) is 5.92. The first kappa shape index (κ1) is 12.2. The van der Waals surface area contributed by atoms with Crippen molar-refractivity contribution in [2.45, 2.75) is 13.0 Å². The van der Waals surface area contributed by atoms with E-state index in [9.17, 15) is 0 Å². The first-order valence-corrected chi connectivity index (χ1v) is 7.09. The maximum absolute atomic E-state index is 8.52. The van der Waals surface area contributed by atoms with Gasteiger partial charge < -0.3 is 0 Å². The van der Waals surface area contributed by atoms with Crippen LogP contribution in [0, 0.1) is 11.3 Å². The summed E-state index contributed by atoms with van der Waals surface area (Å²) in [6.07, 6.45) is 0.568. The Labute approximate surface area is 109 Å². The van der Waals surface area contributed by atoms with E-state index in [2.05, 4.69) is 32.8 Å². The van der Waals surface area contributed by atoms with E-state index in [1.165, 1.54) is 4.88 Å². The van der Waals surface area contributed by atoms with E-state index in [-0.39, 0.29) is 0 Å². The molecule has 0 fully saturated rings. The SMILES string of the molecule is CN(CCC#N)Cc1csc(-c2cccs2)n1. The minimum atomic E-state index is 0.568. The molecule has 0 radical (unpaired) electrons. The van der Waals surface area contributed by atoms with Gasteiger partial charge in [-0.25, -0.2) is 4.98 Å². The maximum atomic E-state index is 8.52. The smallest absolute Gasteiger partial charge is 0.133 e. The Hall–Kier alpha value is -1.22. The quantitative estimate of drug-likeness (QED) is 0.831. The summed E-state index contributed by atoms with van der Waals surface area (Å²) in [5.41, 5.74) is 1.08. The minimum absolute atomic E-state index is 0.568. The number of aromatic nitrogens is 1. The molecular weight excluding hydrogens is 250 g/mol.